The van der Waals surface area contributed by atoms with Crippen LogP contribution in [0.2, 0.25) is 0 Å². The molecule has 0 spiro atoms. The van der Waals surface area contributed by atoms with Crippen LogP contribution < -0.4 is 4.74 Å². The molecule has 0 bridgehead atoms. The van der Waals surface area contributed by atoms with Crippen molar-refractivity contribution in [2.45, 2.75) is 19.4 Å². The number of aromatic nitrogens is 3. The van der Waals surface area contributed by atoms with E-state index in [1.54, 1.807) is 23.3 Å². The van der Waals surface area contributed by atoms with Crippen molar-refractivity contribution in [1.82, 2.24) is 19.7 Å². The van der Waals surface area contributed by atoms with Crippen molar-refractivity contribution in [3.8, 4) is 11.4 Å². The van der Waals surface area contributed by atoms with E-state index >= 15 is 0 Å². The summed E-state index contributed by atoms with van der Waals surface area (Å²) >= 11 is 0. The Hall–Kier alpha value is -3.15. The van der Waals surface area contributed by atoms with Crippen LogP contribution in [0.5, 0.6) is 5.75 Å². The molecular weight excluding hydrogens is 328 g/mol. The highest BCUT2D eigenvalue weighted by molar-refractivity contribution is 5.95. The van der Waals surface area contributed by atoms with Gasteiger partial charge in [0.2, 0.25) is 0 Å². The highest BCUT2D eigenvalue weighted by Crippen LogP contribution is 2.21. The molecule has 6 heteroatoms. The first-order valence-electron chi connectivity index (χ1n) is 8.68. The van der Waals surface area contributed by atoms with Gasteiger partial charge in [-0.15, -0.1) is 0 Å². The van der Waals surface area contributed by atoms with Crippen molar-refractivity contribution in [1.29, 1.82) is 0 Å². The molecule has 1 saturated heterocycles. The van der Waals surface area contributed by atoms with Gasteiger partial charge in [-0.1, -0.05) is 18.2 Å². The Morgan fingerprint density at radius 3 is 2.69 bits per heavy atom. The predicted molar refractivity (Wildman–Crippen MR) is 97.5 cm³/mol. The number of carbonyl (C=O) groups is 1. The number of nitrogens with zero attached hydrogens (tertiary/aromatic N) is 4. The minimum atomic E-state index is 0.00510. The Morgan fingerprint density at radius 1 is 1.15 bits per heavy atom. The number of ether oxygens (including phenoxy) is 1. The first kappa shape index (κ1) is 16.3. The van der Waals surface area contributed by atoms with Crippen molar-refractivity contribution in [2.75, 3.05) is 13.1 Å². The average molecular weight is 348 g/mol. The van der Waals surface area contributed by atoms with E-state index in [2.05, 4.69) is 10.1 Å². The number of hydrogen-bond acceptors (Lipinski definition) is 4. The molecule has 1 amide bonds. The lowest BCUT2D eigenvalue weighted by Gasteiger charge is -2.17. The van der Waals surface area contributed by atoms with Crippen LogP contribution in [-0.4, -0.2) is 44.8 Å². The molecule has 6 nitrogen and oxygen atoms in total. The maximum Gasteiger partial charge on any atom is 0.257 e. The first-order valence-corrected chi connectivity index (χ1v) is 8.68. The molecule has 2 aromatic heterocycles. The summed E-state index contributed by atoms with van der Waals surface area (Å²) in [6.07, 6.45) is 5.89. The molecule has 0 radical (unpaired) electrons. The van der Waals surface area contributed by atoms with Crippen LogP contribution >= 0.6 is 0 Å². The summed E-state index contributed by atoms with van der Waals surface area (Å²) in [7, 11) is 0. The van der Waals surface area contributed by atoms with Crippen molar-refractivity contribution in [3.05, 3.63) is 72.3 Å². The number of benzene rings is 1. The van der Waals surface area contributed by atoms with Crippen molar-refractivity contribution >= 4 is 5.91 Å². The van der Waals surface area contributed by atoms with Crippen LogP contribution in [-0.2, 0) is 0 Å². The van der Waals surface area contributed by atoms with E-state index < -0.39 is 0 Å². The predicted octanol–water partition coefficient (Wildman–Crippen LogP) is 2.87. The zero-order chi connectivity index (χ0) is 17.9. The summed E-state index contributed by atoms with van der Waals surface area (Å²) in [5, 5.41) is 4.40. The number of likely N-dealkylation sites (tertiary alicyclic amines) is 1. The van der Waals surface area contributed by atoms with Crippen molar-refractivity contribution in [3.63, 3.8) is 0 Å². The largest absolute Gasteiger partial charge is 0.488 e. The second-order valence-electron chi connectivity index (χ2n) is 6.35. The summed E-state index contributed by atoms with van der Waals surface area (Å²) < 4.78 is 7.74. The van der Waals surface area contributed by atoms with Gasteiger partial charge in [0, 0.05) is 25.4 Å². The van der Waals surface area contributed by atoms with E-state index in [0.717, 1.165) is 23.6 Å². The normalized spacial score (nSPS) is 16.7. The maximum absolute atomic E-state index is 12.9. The quantitative estimate of drug-likeness (QED) is 0.727. The fraction of sp³-hybridized carbons (Fsp3) is 0.250. The van der Waals surface area contributed by atoms with Gasteiger partial charge >= 0.3 is 0 Å². The zero-order valence-corrected chi connectivity index (χ0v) is 14.6. The third-order valence-corrected chi connectivity index (χ3v) is 4.63. The fourth-order valence-electron chi connectivity index (χ4n) is 3.24. The lowest BCUT2D eigenvalue weighted by Crippen LogP contribution is -2.31. The third-order valence-electron chi connectivity index (χ3n) is 4.63. The number of amides is 1. The van der Waals surface area contributed by atoms with Crippen LogP contribution in [0.25, 0.3) is 5.69 Å². The molecule has 1 aliphatic heterocycles. The van der Waals surface area contributed by atoms with E-state index in [1.807, 2.05) is 54.3 Å². The second kappa shape index (κ2) is 7.00. The minimum absolute atomic E-state index is 0.00510. The van der Waals surface area contributed by atoms with E-state index in [1.165, 1.54) is 0 Å². The van der Waals surface area contributed by atoms with E-state index in [4.69, 9.17) is 4.74 Å². The highest BCUT2D eigenvalue weighted by Gasteiger charge is 2.30. The molecule has 0 N–H and O–H groups in total. The van der Waals surface area contributed by atoms with Gasteiger partial charge in [0.1, 0.15) is 11.9 Å². The lowest BCUT2D eigenvalue weighted by atomic mass is 10.2. The van der Waals surface area contributed by atoms with Gasteiger partial charge in [-0.2, -0.15) is 5.10 Å². The molecule has 1 unspecified atom stereocenters. The summed E-state index contributed by atoms with van der Waals surface area (Å²) in [6.45, 7) is 3.19. The van der Waals surface area contributed by atoms with Crippen LogP contribution in [0.3, 0.4) is 0 Å². The minimum Gasteiger partial charge on any atom is -0.488 e. The highest BCUT2D eigenvalue weighted by atomic mass is 16.5. The Kier molecular flexibility index (Phi) is 4.39. The van der Waals surface area contributed by atoms with Gasteiger partial charge in [0.05, 0.1) is 29.7 Å². The number of hydrogen-bond donors (Lipinski definition) is 0. The van der Waals surface area contributed by atoms with Crippen LogP contribution in [0.4, 0.5) is 0 Å². The number of rotatable bonds is 4. The molecule has 1 atom stereocenters. The summed E-state index contributed by atoms with van der Waals surface area (Å²) in [5.41, 5.74) is 2.43. The molecule has 0 saturated carbocycles. The van der Waals surface area contributed by atoms with Crippen molar-refractivity contribution < 1.29 is 9.53 Å². The van der Waals surface area contributed by atoms with E-state index in [9.17, 15) is 4.79 Å². The standard InChI is InChI=1S/C20H20N4O2/c1-15-19(13-22-24(15)16-5-3-2-4-6-16)20(25)23-12-9-18(14-23)26-17-7-10-21-11-8-17/h2-8,10-11,13,18H,9,12,14H2,1H3. The van der Waals surface area contributed by atoms with Gasteiger partial charge in [0.15, 0.2) is 0 Å². The molecule has 0 aliphatic carbocycles. The molecule has 1 fully saturated rings. The van der Waals surface area contributed by atoms with Gasteiger partial charge in [-0.25, -0.2) is 4.68 Å². The van der Waals surface area contributed by atoms with E-state index in [0.29, 0.717) is 18.7 Å². The van der Waals surface area contributed by atoms with Crippen molar-refractivity contribution in [2.24, 2.45) is 0 Å². The van der Waals surface area contributed by atoms with Crippen LogP contribution in [0.15, 0.2) is 61.1 Å². The summed E-state index contributed by atoms with van der Waals surface area (Å²) in [6, 6.07) is 13.5. The lowest BCUT2D eigenvalue weighted by molar-refractivity contribution is 0.0771. The molecule has 3 heterocycles. The number of pyridine rings is 1. The molecule has 3 aromatic rings. The smallest absolute Gasteiger partial charge is 0.257 e. The second-order valence-corrected chi connectivity index (χ2v) is 6.35. The summed E-state index contributed by atoms with van der Waals surface area (Å²) in [4.78, 5) is 18.7. The fourth-order valence-corrected chi connectivity index (χ4v) is 3.24. The molecule has 26 heavy (non-hydrogen) atoms. The van der Waals surface area contributed by atoms with Gasteiger partial charge in [-0.05, 0) is 31.2 Å². The molecule has 132 valence electrons. The molecule has 1 aliphatic rings. The van der Waals surface area contributed by atoms with Gasteiger partial charge in [-0.3, -0.25) is 9.78 Å². The Labute approximate surface area is 152 Å². The molecule has 1 aromatic carbocycles. The first-order chi connectivity index (χ1) is 12.7. The monoisotopic (exact) mass is 348 g/mol. The van der Waals surface area contributed by atoms with Gasteiger partial charge in [0.25, 0.3) is 5.91 Å². The summed E-state index contributed by atoms with van der Waals surface area (Å²) in [5.74, 6) is 0.790. The van der Waals surface area contributed by atoms with Crippen LogP contribution in [0, 0.1) is 6.92 Å². The third kappa shape index (κ3) is 3.18. The maximum atomic E-state index is 12.9. The number of para-hydroxylation sites is 1. The number of carbonyl (C=O) groups excluding carboxylic acids is 1. The van der Waals surface area contributed by atoms with E-state index in [-0.39, 0.29) is 12.0 Å². The van der Waals surface area contributed by atoms with Gasteiger partial charge < -0.3 is 9.64 Å². The average Bonchev–Trinajstić information content (AvgIpc) is 3.30. The molecule has 4 rings (SSSR count). The zero-order valence-electron chi connectivity index (χ0n) is 14.6. The Balaban J connectivity index is 1.46. The SMILES string of the molecule is Cc1c(C(=O)N2CCC(Oc3ccncc3)C2)cnn1-c1ccccc1. The Bertz CT molecular complexity index is 893. The van der Waals surface area contributed by atoms with Crippen LogP contribution in [0.1, 0.15) is 22.5 Å². The Morgan fingerprint density at radius 2 is 1.92 bits per heavy atom. The molecular formula is C20H20N4O2. The topological polar surface area (TPSA) is 60.3 Å².